The van der Waals surface area contributed by atoms with Gasteiger partial charge in [-0.25, -0.2) is 4.98 Å². The van der Waals surface area contributed by atoms with Gasteiger partial charge in [0, 0.05) is 6.42 Å². The summed E-state index contributed by atoms with van der Waals surface area (Å²) in [6.07, 6.45) is 1.73. The van der Waals surface area contributed by atoms with Crippen LogP contribution in [-0.4, -0.2) is 35.3 Å². The van der Waals surface area contributed by atoms with E-state index >= 15 is 0 Å². The Hall–Kier alpha value is -1.85. The number of carbonyl (C=O) groups is 1. The van der Waals surface area contributed by atoms with E-state index in [0.717, 1.165) is 0 Å². The van der Waals surface area contributed by atoms with Crippen molar-refractivity contribution in [1.82, 2.24) is 9.97 Å². The third-order valence-corrected chi connectivity index (χ3v) is 1.75. The Bertz CT molecular complexity index is 354. The van der Waals surface area contributed by atoms with Crippen LogP contribution in [0.4, 0.5) is 0 Å². The first-order chi connectivity index (χ1) is 7.17. The zero-order valence-electron chi connectivity index (χ0n) is 8.56. The van der Waals surface area contributed by atoms with Crippen LogP contribution in [0.15, 0.2) is 6.20 Å². The van der Waals surface area contributed by atoms with Crippen molar-refractivity contribution in [3.63, 3.8) is 0 Å². The van der Waals surface area contributed by atoms with Crippen molar-refractivity contribution in [3.8, 4) is 11.6 Å². The Morgan fingerprint density at radius 1 is 1.47 bits per heavy atom. The van der Waals surface area contributed by atoms with Gasteiger partial charge in [-0.05, 0) is 0 Å². The highest BCUT2D eigenvalue weighted by Crippen LogP contribution is 2.22. The molecule has 1 aromatic heterocycles. The highest BCUT2D eigenvalue weighted by atomic mass is 16.5. The zero-order chi connectivity index (χ0) is 11.3. The maximum atomic E-state index is 10.3. The number of carboxylic acid groups (broad SMARTS) is 1. The van der Waals surface area contributed by atoms with Gasteiger partial charge in [0.15, 0.2) is 5.75 Å². The Morgan fingerprint density at radius 2 is 2.20 bits per heavy atom. The summed E-state index contributed by atoms with van der Waals surface area (Å²) < 4.78 is 9.91. The monoisotopic (exact) mass is 212 g/mol. The number of carboxylic acids is 1. The number of hydrogen-bond acceptors (Lipinski definition) is 5. The van der Waals surface area contributed by atoms with E-state index in [1.807, 2.05) is 0 Å². The molecule has 0 saturated carbocycles. The number of aromatic nitrogens is 2. The molecular formula is C9H12N2O4. The molecule has 1 aromatic rings. The normalized spacial score (nSPS) is 9.73. The molecule has 0 saturated heterocycles. The van der Waals surface area contributed by atoms with Crippen molar-refractivity contribution in [3.05, 3.63) is 12.0 Å². The van der Waals surface area contributed by atoms with Gasteiger partial charge >= 0.3 is 5.97 Å². The lowest BCUT2D eigenvalue weighted by Gasteiger charge is -2.06. The molecule has 6 heteroatoms. The largest absolute Gasteiger partial charge is 0.490 e. The molecule has 15 heavy (non-hydrogen) atoms. The molecule has 0 aromatic carbocycles. The van der Waals surface area contributed by atoms with Gasteiger partial charge in [0.05, 0.1) is 26.8 Å². The Kier molecular flexibility index (Phi) is 3.84. The molecule has 6 nitrogen and oxygen atoms in total. The third kappa shape index (κ3) is 3.08. The van der Waals surface area contributed by atoms with Crippen LogP contribution in [0.2, 0.25) is 0 Å². The second-order valence-electron chi connectivity index (χ2n) is 2.76. The summed E-state index contributed by atoms with van der Waals surface area (Å²) in [5.41, 5.74) is 0. The maximum Gasteiger partial charge on any atom is 0.303 e. The van der Waals surface area contributed by atoms with Crippen LogP contribution in [0.3, 0.4) is 0 Å². The highest BCUT2D eigenvalue weighted by Gasteiger charge is 2.08. The number of hydrogen-bond donors (Lipinski definition) is 1. The molecule has 1 N–H and O–H groups in total. The minimum Gasteiger partial charge on any atom is -0.490 e. The topological polar surface area (TPSA) is 81.5 Å². The standard InChI is InChI=1S/C9H12N2O4/c1-14-6-5-10-7(3-4-8(12)13)11-9(6)15-2/h5H,3-4H2,1-2H3,(H,12,13). The average Bonchev–Trinajstić information content (AvgIpc) is 2.25. The first-order valence-electron chi connectivity index (χ1n) is 4.33. The Labute approximate surface area is 86.9 Å². The molecule has 1 heterocycles. The minimum atomic E-state index is -0.881. The molecule has 1 rings (SSSR count). The van der Waals surface area contributed by atoms with Crippen molar-refractivity contribution in [2.45, 2.75) is 12.8 Å². The minimum absolute atomic E-state index is 0.00448. The number of aryl methyl sites for hydroxylation is 1. The molecule has 0 spiro atoms. The van der Waals surface area contributed by atoms with E-state index in [0.29, 0.717) is 17.5 Å². The Morgan fingerprint density at radius 3 is 2.73 bits per heavy atom. The van der Waals surface area contributed by atoms with Crippen molar-refractivity contribution in [1.29, 1.82) is 0 Å². The van der Waals surface area contributed by atoms with E-state index in [2.05, 4.69) is 9.97 Å². The first-order valence-corrected chi connectivity index (χ1v) is 4.33. The fourth-order valence-corrected chi connectivity index (χ4v) is 1.01. The maximum absolute atomic E-state index is 10.3. The summed E-state index contributed by atoms with van der Waals surface area (Å²) in [5, 5.41) is 8.49. The SMILES string of the molecule is COc1cnc(CCC(=O)O)nc1OC. The fraction of sp³-hybridized carbons (Fsp3) is 0.444. The second-order valence-corrected chi connectivity index (χ2v) is 2.76. The van der Waals surface area contributed by atoms with Crippen molar-refractivity contribution in [2.75, 3.05) is 14.2 Å². The molecule has 0 bridgehead atoms. The number of aliphatic carboxylic acids is 1. The number of rotatable bonds is 5. The van der Waals surface area contributed by atoms with Gasteiger partial charge in [-0.3, -0.25) is 4.79 Å². The lowest BCUT2D eigenvalue weighted by molar-refractivity contribution is -0.137. The summed E-state index contributed by atoms with van der Waals surface area (Å²) in [6, 6.07) is 0. The highest BCUT2D eigenvalue weighted by molar-refractivity contribution is 5.66. The number of ether oxygens (including phenoxy) is 2. The van der Waals surface area contributed by atoms with Crippen LogP contribution in [0, 0.1) is 0 Å². The molecule has 0 radical (unpaired) electrons. The zero-order valence-corrected chi connectivity index (χ0v) is 8.56. The lowest BCUT2D eigenvalue weighted by atomic mass is 10.3. The van der Waals surface area contributed by atoms with Crippen LogP contribution in [0.1, 0.15) is 12.2 Å². The van der Waals surface area contributed by atoms with E-state index in [1.54, 1.807) is 0 Å². The average molecular weight is 212 g/mol. The molecule has 0 fully saturated rings. The van der Waals surface area contributed by atoms with Gasteiger partial charge in [-0.1, -0.05) is 0 Å². The van der Waals surface area contributed by atoms with Crippen LogP contribution in [0.5, 0.6) is 11.6 Å². The van der Waals surface area contributed by atoms with E-state index in [-0.39, 0.29) is 12.8 Å². The van der Waals surface area contributed by atoms with Gasteiger partial charge in [0.1, 0.15) is 5.82 Å². The number of methoxy groups -OCH3 is 2. The summed E-state index contributed by atoms with van der Waals surface area (Å²) in [4.78, 5) is 18.3. The second kappa shape index (κ2) is 5.14. The van der Waals surface area contributed by atoms with Gasteiger partial charge in [0.2, 0.25) is 0 Å². The predicted octanol–water partition coefficient (Wildman–Crippen LogP) is 0.511. The molecule has 0 unspecified atom stereocenters. The van der Waals surface area contributed by atoms with Crippen LogP contribution in [-0.2, 0) is 11.2 Å². The molecule has 0 aliphatic carbocycles. The van der Waals surface area contributed by atoms with Gasteiger partial charge in [0.25, 0.3) is 5.88 Å². The fourth-order valence-electron chi connectivity index (χ4n) is 1.01. The third-order valence-electron chi connectivity index (χ3n) is 1.75. The first kappa shape index (κ1) is 11.2. The van der Waals surface area contributed by atoms with Crippen molar-refractivity contribution >= 4 is 5.97 Å². The molecule has 0 aliphatic rings. The van der Waals surface area contributed by atoms with E-state index in [1.165, 1.54) is 20.4 Å². The molecule has 0 amide bonds. The van der Waals surface area contributed by atoms with Gasteiger partial charge in [-0.15, -0.1) is 0 Å². The summed E-state index contributed by atoms with van der Waals surface area (Å²) in [5.74, 6) is 0.285. The van der Waals surface area contributed by atoms with Crippen LogP contribution < -0.4 is 9.47 Å². The smallest absolute Gasteiger partial charge is 0.303 e. The number of nitrogens with zero attached hydrogens (tertiary/aromatic N) is 2. The predicted molar refractivity (Wildman–Crippen MR) is 51.1 cm³/mol. The summed E-state index contributed by atoms with van der Waals surface area (Å²) in [7, 11) is 2.95. The van der Waals surface area contributed by atoms with Crippen LogP contribution in [0.25, 0.3) is 0 Å². The summed E-state index contributed by atoms with van der Waals surface area (Å²) >= 11 is 0. The van der Waals surface area contributed by atoms with Gasteiger partial charge < -0.3 is 14.6 Å². The lowest BCUT2D eigenvalue weighted by Crippen LogP contribution is -2.03. The van der Waals surface area contributed by atoms with E-state index in [4.69, 9.17) is 14.6 Å². The summed E-state index contributed by atoms with van der Waals surface area (Å²) in [6.45, 7) is 0. The Balaban J connectivity index is 2.78. The molecular weight excluding hydrogens is 200 g/mol. The van der Waals surface area contributed by atoms with Crippen LogP contribution >= 0.6 is 0 Å². The van der Waals surface area contributed by atoms with Crippen molar-refractivity contribution < 1.29 is 19.4 Å². The molecule has 82 valence electrons. The van der Waals surface area contributed by atoms with E-state index < -0.39 is 5.97 Å². The quantitative estimate of drug-likeness (QED) is 0.765. The molecule has 0 atom stereocenters. The van der Waals surface area contributed by atoms with Crippen molar-refractivity contribution in [2.24, 2.45) is 0 Å². The van der Waals surface area contributed by atoms with Gasteiger partial charge in [-0.2, -0.15) is 4.98 Å². The van der Waals surface area contributed by atoms with E-state index in [9.17, 15) is 4.79 Å². The molecule has 0 aliphatic heterocycles.